The second-order valence-corrected chi connectivity index (χ2v) is 5.22. The quantitative estimate of drug-likeness (QED) is 0.910. The van der Waals surface area contributed by atoms with Gasteiger partial charge in [-0.3, -0.25) is 9.59 Å². The summed E-state index contributed by atoms with van der Waals surface area (Å²) in [6.45, 7) is 2.72. The SMILES string of the molecule is CC(CN)C(=O)N(C)C1CCN(c2ccccc2)C1=O.Cl. The molecule has 2 unspecified atom stereocenters. The van der Waals surface area contributed by atoms with E-state index in [4.69, 9.17) is 5.73 Å². The van der Waals surface area contributed by atoms with Gasteiger partial charge in [0.1, 0.15) is 6.04 Å². The summed E-state index contributed by atoms with van der Waals surface area (Å²) in [6.07, 6.45) is 0.660. The Morgan fingerprint density at radius 3 is 2.62 bits per heavy atom. The Balaban J connectivity index is 0.00000220. The molecule has 6 heteroatoms. The molecule has 0 aliphatic carbocycles. The summed E-state index contributed by atoms with van der Waals surface area (Å²) in [5, 5.41) is 0. The molecule has 1 aliphatic heterocycles. The number of nitrogens with zero attached hydrogens (tertiary/aromatic N) is 2. The maximum atomic E-state index is 12.5. The van der Waals surface area contributed by atoms with Crippen LogP contribution in [0.3, 0.4) is 0 Å². The molecule has 1 aromatic carbocycles. The Labute approximate surface area is 131 Å². The standard InChI is InChI=1S/C15H21N3O2.ClH/c1-11(10-16)14(19)17(2)13-8-9-18(15(13)20)12-6-4-3-5-7-12;/h3-7,11,13H,8-10,16H2,1-2H3;1H. The first-order valence-electron chi connectivity index (χ1n) is 6.89. The fourth-order valence-electron chi connectivity index (χ4n) is 2.49. The van der Waals surface area contributed by atoms with Crippen LogP contribution in [0.15, 0.2) is 30.3 Å². The van der Waals surface area contributed by atoms with Crippen molar-refractivity contribution in [2.45, 2.75) is 19.4 Å². The molecule has 21 heavy (non-hydrogen) atoms. The Morgan fingerprint density at radius 2 is 2.05 bits per heavy atom. The van der Waals surface area contributed by atoms with Crippen LogP contribution in [-0.4, -0.2) is 42.9 Å². The van der Waals surface area contributed by atoms with Gasteiger partial charge in [-0.15, -0.1) is 12.4 Å². The van der Waals surface area contributed by atoms with Crippen LogP contribution in [-0.2, 0) is 9.59 Å². The second-order valence-electron chi connectivity index (χ2n) is 5.22. The number of carbonyl (C=O) groups is 2. The molecule has 2 N–H and O–H groups in total. The van der Waals surface area contributed by atoms with E-state index in [0.29, 0.717) is 19.5 Å². The Bertz CT molecular complexity index is 495. The molecule has 1 aliphatic rings. The number of hydrogen-bond donors (Lipinski definition) is 1. The van der Waals surface area contributed by atoms with Gasteiger partial charge in [0.2, 0.25) is 11.8 Å². The maximum absolute atomic E-state index is 12.5. The molecule has 0 radical (unpaired) electrons. The van der Waals surface area contributed by atoms with Gasteiger partial charge < -0.3 is 15.5 Å². The number of benzene rings is 1. The maximum Gasteiger partial charge on any atom is 0.249 e. The van der Waals surface area contributed by atoms with Crippen molar-refractivity contribution in [3.8, 4) is 0 Å². The van der Waals surface area contributed by atoms with Crippen LogP contribution < -0.4 is 10.6 Å². The van der Waals surface area contributed by atoms with E-state index in [1.807, 2.05) is 30.3 Å². The number of hydrogen-bond acceptors (Lipinski definition) is 3. The lowest BCUT2D eigenvalue weighted by molar-refractivity contribution is -0.139. The zero-order chi connectivity index (χ0) is 14.7. The third-order valence-corrected chi connectivity index (χ3v) is 3.84. The normalized spacial score (nSPS) is 19.1. The molecule has 2 rings (SSSR count). The molecule has 116 valence electrons. The molecule has 0 spiro atoms. The van der Waals surface area contributed by atoms with Gasteiger partial charge in [-0.1, -0.05) is 25.1 Å². The highest BCUT2D eigenvalue weighted by Crippen LogP contribution is 2.24. The van der Waals surface area contributed by atoms with Crippen LogP contribution in [0.25, 0.3) is 0 Å². The number of likely N-dealkylation sites (N-methyl/N-ethyl adjacent to an activating group) is 1. The molecule has 5 nitrogen and oxygen atoms in total. The lowest BCUT2D eigenvalue weighted by Gasteiger charge is -2.26. The fourth-order valence-corrected chi connectivity index (χ4v) is 2.49. The number of nitrogens with two attached hydrogens (primary N) is 1. The zero-order valence-corrected chi connectivity index (χ0v) is 13.2. The van der Waals surface area contributed by atoms with E-state index in [2.05, 4.69) is 0 Å². The van der Waals surface area contributed by atoms with Crippen molar-refractivity contribution in [2.75, 3.05) is 25.0 Å². The molecule has 2 amide bonds. The van der Waals surface area contributed by atoms with Gasteiger partial charge in [0.15, 0.2) is 0 Å². The van der Waals surface area contributed by atoms with Crippen molar-refractivity contribution in [1.29, 1.82) is 0 Å². The van der Waals surface area contributed by atoms with Gasteiger partial charge in [0.25, 0.3) is 0 Å². The summed E-state index contributed by atoms with van der Waals surface area (Å²) in [4.78, 5) is 27.9. The molecule has 0 aromatic heterocycles. The molecule has 0 saturated carbocycles. The average molecular weight is 312 g/mol. The Morgan fingerprint density at radius 1 is 1.43 bits per heavy atom. The number of anilines is 1. The van der Waals surface area contributed by atoms with E-state index in [9.17, 15) is 9.59 Å². The van der Waals surface area contributed by atoms with Gasteiger partial charge in [0, 0.05) is 31.7 Å². The van der Waals surface area contributed by atoms with E-state index in [0.717, 1.165) is 5.69 Å². The van der Waals surface area contributed by atoms with Crippen LogP contribution in [0.4, 0.5) is 5.69 Å². The fraction of sp³-hybridized carbons (Fsp3) is 0.467. The van der Waals surface area contributed by atoms with Crippen LogP contribution >= 0.6 is 12.4 Å². The van der Waals surface area contributed by atoms with Crippen molar-refractivity contribution in [3.63, 3.8) is 0 Å². The summed E-state index contributed by atoms with van der Waals surface area (Å²) < 4.78 is 0. The van der Waals surface area contributed by atoms with E-state index in [1.54, 1.807) is 23.8 Å². The lowest BCUT2D eigenvalue weighted by Crippen LogP contribution is -2.46. The first-order valence-corrected chi connectivity index (χ1v) is 6.89. The third-order valence-electron chi connectivity index (χ3n) is 3.84. The zero-order valence-electron chi connectivity index (χ0n) is 12.4. The average Bonchev–Trinajstić information content (AvgIpc) is 2.87. The van der Waals surface area contributed by atoms with E-state index in [1.165, 1.54) is 0 Å². The van der Waals surface area contributed by atoms with Gasteiger partial charge in [-0.2, -0.15) is 0 Å². The third kappa shape index (κ3) is 3.54. The summed E-state index contributed by atoms with van der Waals surface area (Å²) in [6, 6.07) is 9.16. The molecule has 1 heterocycles. The predicted octanol–water partition coefficient (Wildman–Crippen LogP) is 1.27. The van der Waals surface area contributed by atoms with Crippen LogP contribution in [0.2, 0.25) is 0 Å². The minimum atomic E-state index is -0.378. The molecule has 1 saturated heterocycles. The summed E-state index contributed by atoms with van der Waals surface area (Å²) in [7, 11) is 1.69. The highest BCUT2D eigenvalue weighted by Gasteiger charge is 2.37. The number of amides is 2. The largest absolute Gasteiger partial charge is 0.333 e. The predicted molar refractivity (Wildman–Crippen MR) is 85.4 cm³/mol. The first-order chi connectivity index (χ1) is 9.56. The number of rotatable bonds is 4. The second kappa shape index (κ2) is 7.43. The van der Waals surface area contributed by atoms with Crippen LogP contribution in [0.1, 0.15) is 13.3 Å². The molecule has 1 aromatic rings. The van der Waals surface area contributed by atoms with Crippen molar-refractivity contribution < 1.29 is 9.59 Å². The van der Waals surface area contributed by atoms with Crippen molar-refractivity contribution in [2.24, 2.45) is 11.7 Å². The monoisotopic (exact) mass is 311 g/mol. The van der Waals surface area contributed by atoms with E-state index >= 15 is 0 Å². The summed E-state index contributed by atoms with van der Waals surface area (Å²) in [5.41, 5.74) is 6.40. The lowest BCUT2D eigenvalue weighted by atomic mass is 10.1. The molecule has 2 atom stereocenters. The molecular weight excluding hydrogens is 290 g/mol. The number of carbonyl (C=O) groups excluding carboxylic acids is 2. The van der Waals surface area contributed by atoms with Gasteiger partial charge in [-0.25, -0.2) is 0 Å². The van der Waals surface area contributed by atoms with Gasteiger partial charge in [0.05, 0.1) is 0 Å². The van der Waals surface area contributed by atoms with Gasteiger partial charge in [-0.05, 0) is 18.6 Å². The highest BCUT2D eigenvalue weighted by atomic mass is 35.5. The molecule has 1 fully saturated rings. The van der Waals surface area contributed by atoms with E-state index < -0.39 is 0 Å². The Kier molecular flexibility index (Phi) is 6.18. The molecular formula is C15H22ClN3O2. The minimum Gasteiger partial charge on any atom is -0.333 e. The van der Waals surface area contributed by atoms with Crippen molar-refractivity contribution in [3.05, 3.63) is 30.3 Å². The first kappa shape index (κ1) is 17.5. The van der Waals surface area contributed by atoms with Crippen LogP contribution in [0, 0.1) is 5.92 Å². The smallest absolute Gasteiger partial charge is 0.249 e. The number of para-hydroxylation sites is 1. The van der Waals surface area contributed by atoms with Gasteiger partial charge >= 0.3 is 0 Å². The topological polar surface area (TPSA) is 66.6 Å². The minimum absolute atomic E-state index is 0. The van der Waals surface area contributed by atoms with E-state index in [-0.39, 0.29) is 36.2 Å². The molecule has 0 bridgehead atoms. The summed E-state index contributed by atoms with van der Waals surface area (Å²) in [5.74, 6) is -0.337. The number of halogens is 1. The van der Waals surface area contributed by atoms with Crippen molar-refractivity contribution in [1.82, 2.24) is 4.90 Å². The van der Waals surface area contributed by atoms with Crippen molar-refractivity contribution >= 4 is 29.9 Å². The van der Waals surface area contributed by atoms with Crippen LogP contribution in [0.5, 0.6) is 0 Å². The highest BCUT2D eigenvalue weighted by molar-refractivity contribution is 6.01. The Hall–Kier alpha value is -1.59. The summed E-state index contributed by atoms with van der Waals surface area (Å²) >= 11 is 0.